The zero-order valence-electron chi connectivity index (χ0n) is 18.5. The van der Waals surface area contributed by atoms with Crippen LogP contribution in [0.25, 0.3) is 0 Å². The van der Waals surface area contributed by atoms with E-state index in [2.05, 4.69) is 21.0 Å². The maximum Gasteiger partial charge on any atom is 0.234 e. The lowest BCUT2D eigenvalue weighted by Gasteiger charge is -2.25. The van der Waals surface area contributed by atoms with Gasteiger partial charge in [-0.1, -0.05) is 6.07 Å². The summed E-state index contributed by atoms with van der Waals surface area (Å²) in [6, 6.07) is 13.3. The molecule has 0 saturated heterocycles. The highest BCUT2D eigenvalue weighted by atomic mass is 16.5. The lowest BCUT2D eigenvalue weighted by molar-refractivity contribution is 0.324. The van der Waals surface area contributed by atoms with Crippen LogP contribution in [0, 0.1) is 11.3 Å². The van der Waals surface area contributed by atoms with Crippen molar-refractivity contribution in [2.45, 2.75) is 6.54 Å². The molecule has 9 heteroatoms. The molecule has 0 fully saturated rings. The number of methoxy groups -OCH3 is 3. The number of nitrogens with zero attached hydrogens (tertiary/aromatic N) is 6. The Balaban J connectivity index is 1.85. The highest BCUT2D eigenvalue weighted by molar-refractivity contribution is 5.77. The number of nitriles is 1. The molecular weight excluding hydrogens is 420 g/mol. The zero-order valence-corrected chi connectivity index (χ0v) is 18.5. The number of benzene rings is 2. The van der Waals surface area contributed by atoms with E-state index in [0.29, 0.717) is 46.7 Å². The molecule has 4 aromatic rings. The molecule has 0 amide bonds. The molecular formula is C24H22N6O3. The third-order valence-corrected chi connectivity index (χ3v) is 5.04. The van der Waals surface area contributed by atoms with Crippen LogP contribution in [0.2, 0.25) is 0 Å². The lowest BCUT2D eigenvalue weighted by Crippen LogP contribution is -2.14. The second-order valence-electron chi connectivity index (χ2n) is 6.96. The molecule has 0 saturated carbocycles. The van der Waals surface area contributed by atoms with E-state index in [0.717, 1.165) is 5.56 Å². The minimum absolute atomic E-state index is 0.429. The van der Waals surface area contributed by atoms with Crippen LogP contribution in [0.15, 0.2) is 67.5 Å². The van der Waals surface area contributed by atoms with E-state index >= 15 is 0 Å². The van der Waals surface area contributed by atoms with Crippen molar-refractivity contribution in [3.63, 3.8) is 0 Å². The van der Waals surface area contributed by atoms with Gasteiger partial charge in [0.1, 0.15) is 0 Å². The van der Waals surface area contributed by atoms with Gasteiger partial charge in [0.15, 0.2) is 11.5 Å². The summed E-state index contributed by atoms with van der Waals surface area (Å²) >= 11 is 0. The van der Waals surface area contributed by atoms with Crippen molar-refractivity contribution < 1.29 is 14.2 Å². The van der Waals surface area contributed by atoms with Crippen molar-refractivity contribution in [3.05, 3.63) is 78.6 Å². The SMILES string of the molecule is COc1cc(N(c2ccc(Cn3ccnc3)c(C#N)c2)c2ncccn2)cc(OC)c1OC. The van der Waals surface area contributed by atoms with Crippen molar-refractivity contribution >= 4 is 17.3 Å². The second-order valence-corrected chi connectivity index (χ2v) is 6.96. The van der Waals surface area contributed by atoms with E-state index < -0.39 is 0 Å². The van der Waals surface area contributed by atoms with Crippen LogP contribution < -0.4 is 19.1 Å². The second kappa shape index (κ2) is 9.70. The Labute approximate surface area is 191 Å². The van der Waals surface area contributed by atoms with Crippen LogP contribution >= 0.6 is 0 Å². The zero-order chi connectivity index (χ0) is 23.2. The molecule has 0 aliphatic heterocycles. The summed E-state index contributed by atoms with van der Waals surface area (Å²) in [5.41, 5.74) is 2.80. The molecule has 0 N–H and O–H groups in total. The number of hydrogen-bond acceptors (Lipinski definition) is 8. The Bertz CT molecular complexity index is 1240. The number of anilines is 3. The van der Waals surface area contributed by atoms with Gasteiger partial charge in [0, 0.05) is 43.5 Å². The minimum Gasteiger partial charge on any atom is -0.493 e. The first kappa shape index (κ1) is 21.6. The van der Waals surface area contributed by atoms with Gasteiger partial charge >= 0.3 is 0 Å². The topological polar surface area (TPSA) is 98.3 Å². The molecule has 2 aromatic carbocycles. The molecule has 0 atom stereocenters. The van der Waals surface area contributed by atoms with Gasteiger partial charge in [-0.25, -0.2) is 15.0 Å². The molecule has 4 rings (SSSR count). The van der Waals surface area contributed by atoms with Crippen molar-refractivity contribution in [2.24, 2.45) is 0 Å². The summed E-state index contributed by atoms with van der Waals surface area (Å²) in [4.78, 5) is 14.8. The monoisotopic (exact) mass is 442 g/mol. The average molecular weight is 442 g/mol. The van der Waals surface area contributed by atoms with Crippen LogP contribution in [0.1, 0.15) is 11.1 Å². The number of aromatic nitrogens is 4. The Morgan fingerprint density at radius 2 is 1.67 bits per heavy atom. The fourth-order valence-corrected chi connectivity index (χ4v) is 3.51. The van der Waals surface area contributed by atoms with E-state index in [1.807, 2.05) is 46.0 Å². The number of ether oxygens (including phenoxy) is 3. The summed E-state index contributed by atoms with van der Waals surface area (Å²) in [5, 5.41) is 9.85. The van der Waals surface area contributed by atoms with Gasteiger partial charge < -0.3 is 18.8 Å². The Kier molecular flexibility index (Phi) is 6.36. The summed E-state index contributed by atoms with van der Waals surface area (Å²) in [6.45, 7) is 0.537. The van der Waals surface area contributed by atoms with Crippen LogP contribution in [-0.2, 0) is 6.54 Å². The van der Waals surface area contributed by atoms with Gasteiger partial charge in [0.2, 0.25) is 11.7 Å². The summed E-state index contributed by atoms with van der Waals surface area (Å²) in [6.07, 6.45) is 8.60. The molecule has 2 heterocycles. The van der Waals surface area contributed by atoms with Gasteiger partial charge in [-0.3, -0.25) is 4.90 Å². The molecule has 33 heavy (non-hydrogen) atoms. The Hall–Kier alpha value is -4.58. The maximum absolute atomic E-state index is 9.85. The van der Waals surface area contributed by atoms with E-state index in [1.54, 1.807) is 52.3 Å². The molecule has 9 nitrogen and oxygen atoms in total. The fourth-order valence-electron chi connectivity index (χ4n) is 3.51. The highest BCUT2D eigenvalue weighted by Crippen LogP contribution is 2.44. The Morgan fingerprint density at radius 3 is 2.24 bits per heavy atom. The molecule has 0 unspecified atom stereocenters. The van der Waals surface area contributed by atoms with Gasteiger partial charge in [-0.15, -0.1) is 0 Å². The largest absolute Gasteiger partial charge is 0.493 e. The average Bonchev–Trinajstić information content (AvgIpc) is 3.38. The predicted molar refractivity (Wildman–Crippen MR) is 122 cm³/mol. The first-order valence-electron chi connectivity index (χ1n) is 10.0. The van der Waals surface area contributed by atoms with Gasteiger partial charge in [0.25, 0.3) is 0 Å². The first-order valence-corrected chi connectivity index (χ1v) is 10.0. The van der Waals surface area contributed by atoms with Crippen LogP contribution in [0.4, 0.5) is 17.3 Å². The fraction of sp³-hybridized carbons (Fsp3) is 0.167. The van der Waals surface area contributed by atoms with E-state index in [-0.39, 0.29) is 0 Å². The molecule has 0 aliphatic rings. The number of imidazole rings is 1. The van der Waals surface area contributed by atoms with Gasteiger partial charge in [-0.05, 0) is 23.8 Å². The molecule has 0 bridgehead atoms. The molecule has 2 aromatic heterocycles. The number of rotatable bonds is 8. The van der Waals surface area contributed by atoms with Crippen molar-refractivity contribution in [3.8, 4) is 23.3 Å². The molecule has 0 radical (unpaired) electrons. The third kappa shape index (κ3) is 4.41. The standard InChI is InChI=1S/C24H22N6O3/c1-31-21-12-20(13-22(32-2)23(21)33-3)30(24-27-7-4-8-28-24)19-6-5-17(18(11-19)14-25)15-29-10-9-26-16-29/h4-13,16H,15H2,1-3H3. The van der Waals surface area contributed by atoms with E-state index in [9.17, 15) is 5.26 Å². The normalized spacial score (nSPS) is 10.4. The van der Waals surface area contributed by atoms with Gasteiger partial charge in [-0.2, -0.15) is 5.26 Å². The van der Waals surface area contributed by atoms with E-state index in [4.69, 9.17) is 14.2 Å². The smallest absolute Gasteiger partial charge is 0.234 e. The summed E-state index contributed by atoms with van der Waals surface area (Å²) in [7, 11) is 4.67. The van der Waals surface area contributed by atoms with Crippen LogP contribution in [0.5, 0.6) is 17.2 Å². The van der Waals surface area contributed by atoms with Crippen molar-refractivity contribution in [1.29, 1.82) is 5.26 Å². The van der Waals surface area contributed by atoms with E-state index in [1.165, 1.54) is 0 Å². The van der Waals surface area contributed by atoms with Crippen molar-refractivity contribution in [1.82, 2.24) is 19.5 Å². The maximum atomic E-state index is 9.85. The lowest BCUT2D eigenvalue weighted by atomic mass is 10.1. The molecule has 166 valence electrons. The highest BCUT2D eigenvalue weighted by Gasteiger charge is 2.21. The summed E-state index contributed by atoms with van der Waals surface area (Å²) < 4.78 is 18.4. The summed E-state index contributed by atoms with van der Waals surface area (Å²) in [5.74, 6) is 1.89. The van der Waals surface area contributed by atoms with Crippen LogP contribution in [0.3, 0.4) is 0 Å². The van der Waals surface area contributed by atoms with Crippen LogP contribution in [-0.4, -0.2) is 40.8 Å². The Morgan fingerprint density at radius 1 is 0.939 bits per heavy atom. The quantitative estimate of drug-likeness (QED) is 0.402. The molecule has 0 aliphatic carbocycles. The molecule has 0 spiro atoms. The minimum atomic E-state index is 0.429. The number of hydrogen-bond donors (Lipinski definition) is 0. The third-order valence-electron chi connectivity index (χ3n) is 5.04. The predicted octanol–water partition coefficient (Wildman–Crippen LogP) is 4.09. The first-order chi connectivity index (χ1) is 16.2. The van der Waals surface area contributed by atoms with Crippen molar-refractivity contribution in [2.75, 3.05) is 26.2 Å². The van der Waals surface area contributed by atoms with Gasteiger partial charge in [0.05, 0.1) is 50.7 Å².